The first-order chi connectivity index (χ1) is 7.38. The summed E-state index contributed by atoms with van der Waals surface area (Å²) < 4.78 is 21.3. The van der Waals surface area contributed by atoms with Gasteiger partial charge >= 0.3 is 0 Å². The topological polar surface area (TPSA) is 85.1 Å². The number of nitrogens with zero attached hydrogens (tertiary/aromatic N) is 1. The van der Waals surface area contributed by atoms with Crippen LogP contribution in [0.4, 0.5) is 5.82 Å². The van der Waals surface area contributed by atoms with E-state index in [2.05, 4.69) is 10.3 Å². The largest absolute Gasteiger partial charge is 0.369 e. The zero-order valence-electron chi connectivity index (χ0n) is 8.28. The second-order valence-electron chi connectivity index (χ2n) is 3.13. The lowest BCUT2D eigenvalue weighted by Gasteiger charge is -2.06. The fourth-order valence-electron chi connectivity index (χ4n) is 1.02. The van der Waals surface area contributed by atoms with E-state index in [4.69, 9.17) is 28.3 Å². The number of hydrogen-bond donors (Lipinski definition) is 2. The SMILES string of the molecule is NS(=O)(=O)CCCNc1ncc(Cl)cc1Cl. The number of sulfonamides is 1. The van der Waals surface area contributed by atoms with Gasteiger partial charge in [-0.25, -0.2) is 18.5 Å². The molecule has 0 aromatic carbocycles. The van der Waals surface area contributed by atoms with Gasteiger partial charge in [0, 0.05) is 12.7 Å². The third-order valence-corrected chi connectivity index (χ3v) is 3.06. The summed E-state index contributed by atoms with van der Waals surface area (Å²) in [5, 5.41) is 8.58. The second kappa shape index (κ2) is 5.67. The molecule has 0 aliphatic heterocycles. The fourth-order valence-corrected chi connectivity index (χ4v) is 2.02. The zero-order chi connectivity index (χ0) is 12.2. The average molecular weight is 284 g/mol. The molecule has 1 rings (SSSR count). The number of anilines is 1. The Hall–Kier alpha value is -0.560. The number of pyridine rings is 1. The minimum absolute atomic E-state index is 0.0782. The molecule has 0 radical (unpaired) electrons. The quantitative estimate of drug-likeness (QED) is 0.802. The highest BCUT2D eigenvalue weighted by molar-refractivity contribution is 7.89. The van der Waals surface area contributed by atoms with Crippen LogP contribution in [0.2, 0.25) is 10.0 Å². The van der Waals surface area contributed by atoms with Gasteiger partial charge in [0.2, 0.25) is 10.0 Å². The van der Waals surface area contributed by atoms with Crippen LogP contribution in [-0.2, 0) is 10.0 Å². The van der Waals surface area contributed by atoms with Gasteiger partial charge < -0.3 is 5.32 Å². The van der Waals surface area contributed by atoms with E-state index in [0.29, 0.717) is 28.8 Å². The van der Waals surface area contributed by atoms with E-state index in [1.54, 1.807) is 6.07 Å². The van der Waals surface area contributed by atoms with Crippen LogP contribution in [0.1, 0.15) is 6.42 Å². The molecule has 0 unspecified atom stereocenters. The summed E-state index contributed by atoms with van der Waals surface area (Å²) in [6, 6.07) is 1.55. The maximum absolute atomic E-state index is 10.6. The molecule has 0 bridgehead atoms. The summed E-state index contributed by atoms with van der Waals surface area (Å²) in [6.45, 7) is 0.421. The summed E-state index contributed by atoms with van der Waals surface area (Å²) in [5.41, 5.74) is 0. The van der Waals surface area contributed by atoms with E-state index in [0.717, 1.165) is 0 Å². The van der Waals surface area contributed by atoms with Crippen LogP contribution in [0, 0.1) is 0 Å². The fraction of sp³-hybridized carbons (Fsp3) is 0.375. The Morgan fingerprint density at radius 1 is 1.44 bits per heavy atom. The highest BCUT2D eigenvalue weighted by Crippen LogP contribution is 2.22. The summed E-state index contributed by atoms with van der Waals surface area (Å²) in [4.78, 5) is 3.96. The number of nitrogens with two attached hydrogens (primary N) is 1. The maximum atomic E-state index is 10.6. The van der Waals surface area contributed by atoms with Crippen LogP contribution in [0.25, 0.3) is 0 Å². The number of hydrogen-bond acceptors (Lipinski definition) is 4. The molecule has 0 saturated carbocycles. The van der Waals surface area contributed by atoms with E-state index < -0.39 is 10.0 Å². The van der Waals surface area contributed by atoms with E-state index in [1.807, 2.05) is 0 Å². The van der Waals surface area contributed by atoms with E-state index in [1.165, 1.54) is 6.20 Å². The Morgan fingerprint density at radius 3 is 2.69 bits per heavy atom. The highest BCUT2D eigenvalue weighted by atomic mass is 35.5. The standard InChI is InChI=1S/C8H11Cl2N3O2S/c9-6-4-7(10)8(13-5-6)12-2-1-3-16(11,14)15/h4-5H,1-3H2,(H,12,13)(H2,11,14,15). The molecule has 1 aromatic rings. The molecule has 0 saturated heterocycles. The summed E-state index contributed by atoms with van der Waals surface area (Å²) in [6.07, 6.45) is 1.84. The van der Waals surface area contributed by atoms with E-state index in [-0.39, 0.29) is 5.75 Å². The van der Waals surface area contributed by atoms with Crippen LogP contribution >= 0.6 is 23.2 Å². The minimum atomic E-state index is -3.41. The van der Waals surface area contributed by atoms with Gasteiger partial charge in [-0.1, -0.05) is 23.2 Å². The van der Waals surface area contributed by atoms with Crippen molar-refractivity contribution in [1.29, 1.82) is 0 Å². The van der Waals surface area contributed by atoms with Crippen LogP contribution in [0.3, 0.4) is 0 Å². The summed E-state index contributed by atoms with van der Waals surface area (Å²) in [5.74, 6) is 0.395. The third-order valence-electron chi connectivity index (χ3n) is 1.71. The third kappa shape index (κ3) is 4.98. The molecule has 0 aliphatic carbocycles. The van der Waals surface area contributed by atoms with Crippen molar-refractivity contribution >= 4 is 39.0 Å². The first kappa shape index (κ1) is 13.5. The number of nitrogens with one attached hydrogen (secondary N) is 1. The van der Waals surface area contributed by atoms with Crippen LogP contribution in [0.15, 0.2) is 12.3 Å². The Kier molecular flexibility index (Phi) is 4.79. The molecule has 16 heavy (non-hydrogen) atoms. The molecule has 3 N–H and O–H groups in total. The van der Waals surface area contributed by atoms with Gasteiger partial charge in [-0.05, 0) is 12.5 Å². The van der Waals surface area contributed by atoms with Crippen LogP contribution < -0.4 is 10.5 Å². The normalized spacial score (nSPS) is 11.4. The molecule has 0 amide bonds. The van der Waals surface area contributed by atoms with Gasteiger partial charge in [0.1, 0.15) is 5.82 Å². The van der Waals surface area contributed by atoms with Gasteiger partial charge in [-0.15, -0.1) is 0 Å². The molecule has 0 aliphatic rings. The van der Waals surface area contributed by atoms with Crippen molar-refractivity contribution in [3.05, 3.63) is 22.3 Å². The molecular formula is C8H11Cl2N3O2S. The number of rotatable bonds is 5. The second-order valence-corrected chi connectivity index (χ2v) is 5.71. The van der Waals surface area contributed by atoms with Crippen LogP contribution in [-0.4, -0.2) is 25.7 Å². The lowest BCUT2D eigenvalue weighted by molar-refractivity contribution is 0.596. The maximum Gasteiger partial charge on any atom is 0.209 e. The molecule has 0 atom stereocenters. The summed E-state index contributed by atoms with van der Waals surface area (Å²) >= 11 is 11.5. The smallest absolute Gasteiger partial charge is 0.209 e. The van der Waals surface area contributed by atoms with Crippen molar-refractivity contribution in [2.24, 2.45) is 5.14 Å². The van der Waals surface area contributed by atoms with Crippen molar-refractivity contribution in [2.75, 3.05) is 17.6 Å². The molecule has 0 spiro atoms. The van der Waals surface area contributed by atoms with Crippen molar-refractivity contribution in [1.82, 2.24) is 4.98 Å². The van der Waals surface area contributed by atoms with Crippen molar-refractivity contribution in [3.8, 4) is 0 Å². The number of aromatic nitrogens is 1. The van der Waals surface area contributed by atoms with Gasteiger partial charge in [0.25, 0.3) is 0 Å². The molecule has 5 nitrogen and oxygen atoms in total. The molecule has 8 heteroatoms. The Bertz CT molecular complexity index is 464. The van der Waals surface area contributed by atoms with Gasteiger partial charge in [-0.2, -0.15) is 0 Å². The molecule has 90 valence electrons. The van der Waals surface area contributed by atoms with Crippen LogP contribution in [0.5, 0.6) is 0 Å². The molecule has 1 aromatic heterocycles. The monoisotopic (exact) mass is 283 g/mol. The Balaban J connectivity index is 2.43. The van der Waals surface area contributed by atoms with Gasteiger partial charge in [0.15, 0.2) is 0 Å². The van der Waals surface area contributed by atoms with Gasteiger partial charge in [-0.3, -0.25) is 0 Å². The number of halogens is 2. The summed E-state index contributed by atoms with van der Waals surface area (Å²) in [7, 11) is -3.41. The predicted octanol–water partition coefficient (Wildman–Crippen LogP) is 1.48. The van der Waals surface area contributed by atoms with Gasteiger partial charge in [0.05, 0.1) is 15.8 Å². The lowest BCUT2D eigenvalue weighted by atomic mass is 10.4. The molecule has 0 fully saturated rings. The Labute approximate surface area is 104 Å². The zero-order valence-corrected chi connectivity index (χ0v) is 10.6. The lowest BCUT2D eigenvalue weighted by Crippen LogP contribution is -2.18. The molecular weight excluding hydrogens is 273 g/mol. The predicted molar refractivity (Wildman–Crippen MR) is 65.3 cm³/mol. The van der Waals surface area contributed by atoms with Crippen molar-refractivity contribution in [3.63, 3.8) is 0 Å². The average Bonchev–Trinajstić information content (AvgIpc) is 2.13. The minimum Gasteiger partial charge on any atom is -0.369 e. The van der Waals surface area contributed by atoms with Crippen molar-refractivity contribution in [2.45, 2.75) is 6.42 Å². The Morgan fingerprint density at radius 2 is 2.12 bits per heavy atom. The number of primary sulfonamides is 1. The van der Waals surface area contributed by atoms with E-state index in [9.17, 15) is 8.42 Å². The molecule has 1 heterocycles. The van der Waals surface area contributed by atoms with Crippen molar-refractivity contribution < 1.29 is 8.42 Å². The first-order valence-electron chi connectivity index (χ1n) is 4.44. The first-order valence-corrected chi connectivity index (χ1v) is 6.91. The highest BCUT2D eigenvalue weighted by Gasteiger charge is 2.04. The van der Waals surface area contributed by atoms with E-state index >= 15 is 0 Å².